The molecule has 0 aliphatic rings. The summed E-state index contributed by atoms with van der Waals surface area (Å²) >= 11 is 0. The average molecular weight is 367 g/mol. The van der Waals surface area contributed by atoms with E-state index < -0.39 is 5.69 Å². The van der Waals surface area contributed by atoms with Gasteiger partial charge in [-0.2, -0.15) is 0 Å². The fourth-order valence-corrected chi connectivity index (χ4v) is 2.99. The molecule has 0 aliphatic carbocycles. The molecule has 0 spiro atoms. The van der Waals surface area contributed by atoms with Gasteiger partial charge < -0.3 is 10.1 Å². The Morgan fingerprint density at radius 1 is 1.07 bits per heavy atom. The van der Waals surface area contributed by atoms with Crippen LogP contribution in [0.15, 0.2) is 58.1 Å². The molecule has 0 aliphatic heterocycles. The SMILES string of the molecule is CCn1c(=O)c2ccccc2n(CC(=O)NCc2cccc(OC)c2)c1=O. The van der Waals surface area contributed by atoms with E-state index in [1.807, 2.05) is 24.3 Å². The number of para-hydroxylation sites is 1. The lowest BCUT2D eigenvalue weighted by molar-refractivity contribution is -0.121. The minimum Gasteiger partial charge on any atom is -0.497 e. The van der Waals surface area contributed by atoms with E-state index in [4.69, 9.17) is 4.74 Å². The summed E-state index contributed by atoms with van der Waals surface area (Å²) in [6.45, 7) is 2.12. The number of ether oxygens (including phenoxy) is 1. The summed E-state index contributed by atoms with van der Waals surface area (Å²) in [5.74, 6) is 0.394. The van der Waals surface area contributed by atoms with Crippen molar-refractivity contribution in [1.29, 1.82) is 0 Å². The number of hydrogen-bond donors (Lipinski definition) is 1. The van der Waals surface area contributed by atoms with E-state index in [-0.39, 0.29) is 24.6 Å². The van der Waals surface area contributed by atoms with Gasteiger partial charge in [0.2, 0.25) is 5.91 Å². The quantitative estimate of drug-likeness (QED) is 0.716. The highest BCUT2D eigenvalue weighted by atomic mass is 16.5. The van der Waals surface area contributed by atoms with Gasteiger partial charge in [0.1, 0.15) is 12.3 Å². The number of hydrogen-bond acceptors (Lipinski definition) is 4. The van der Waals surface area contributed by atoms with E-state index in [0.717, 1.165) is 10.1 Å². The highest BCUT2D eigenvalue weighted by Crippen LogP contribution is 2.12. The summed E-state index contributed by atoms with van der Waals surface area (Å²) in [7, 11) is 1.58. The number of carbonyl (C=O) groups is 1. The molecule has 2 aromatic carbocycles. The number of aromatic nitrogens is 2. The van der Waals surface area contributed by atoms with E-state index >= 15 is 0 Å². The van der Waals surface area contributed by atoms with Crippen LogP contribution in [-0.4, -0.2) is 22.2 Å². The zero-order valence-corrected chi connectivity index (χ0v) is 15.3. The summed E-state index contributed by atoms with van der Waals surface area (Å²) in [4.78, 5) is 37.5. The number of rotatable bonds is 6. The predicted molar refractivity (Wildman–Crippen MR) is 103 cm³/mol. The van der Waals surface area contributed by atoms with Gasteiger partial charge in [-0.25, -0.2) is 4.79 Å². The Hall–Kier alpha value is -3.35. The van der Waals surface area contributed by atoms with Crippen LogP contribution in [-0.2, 0) is 24.4 Å². The number of nitrogens with zero attached hydrogens (tertiary/aromatic N) is 2. The fraction of sp³-hybridized carbons (Fsp3) is 0.250. The fourth-order valence-electron chi connectivity index (χ4n) is 2.99. The van der Waals surface area contributed by atoms with Crippen molar-refractivity contribution in [3.8, 4) is 5.75 Å². The van der Waals surface area contributed by atoms with Gasteiger partial charge in [0.15, 0.2) is 0 Å². The molecule has 7 nitrogen and oxygen atoms in total. The Balaban J connectivity index is 1.86. The van der Waals surface area contributed by atoms with Gasteiger partial charge in [-0.1, -0.05) is 24.3 Å². The molecule has 27 heavy (non-hydrogen) atoms. The molecular formula is C20H21N3O4. The first-order chi connectivity index (χ1) is 13.0. The van der Waals surface area contributed by atoms with E-state index in [1.165, 1.54) is 4.57 Å². The third-order valence-corrected chi connectivity index (χ3v) is 4.37. The van der Waals surface area contributed by atoms with Crippen LogP contribution in [0.25, 0.3) is 10.9 Å². The highest BCUT2D eigenvalue weighted by molar-refractivity contribution is 5.81. The van der Waals surface area contributed by atoms with Crippen molar-refractivity contribution in [2.24, 2.45) is 0 Å². The van der Waals surface area contributed by atoms with Crippen LogP contribution in [0.1, 0.15) is 12.5 Å². The van der Waals surface area contributed by atoms with Crippen molar-refractivity contribution < 1.29 is 9.53 Å². The minimum atomic E-state index is -0.488. The molecule has 140 valence electrons. The van der Waals surface area contributed by atoms with Crippen molar-refractivity contribution in [2.45, 2.75) is 26.6 Å². The van der Waals surface area contributed by atoms with Crippen LogP contribution in [0.5, 0.6) is 5.75 Å². The van der Waals surface area contributed by atoms with Crippen LogP contribution in [0.4, 0.5) is 0 Å². The lowest BCUT2D eigenvalue weighted by Gasteiger charge is -2.13. The number of amides is 1. The monoisotopic (exact) mass is 367 g/mol. The summed E-state index contributed by atoms with van der Waals surface area (Å²) in [6.07, 6.45) is 0. The van der Waals surface area contributed by atoms with Crippen LogP contribution in [0, 0.1) is 0 Å². The van der Waals surface area contributed by atoms with Gasteiger partial charge >= 0.3 is 5.69 Å². The van der Waals surface area contributed by atoms with Crippen LogP contribution in [0.3, 0.4) is 0 Å². The molecule has 1 amide bonds. The van der Waals surface area contributed by atoms with E-state index in [2.05, 4.69) is 5.32 Å². The van der Waals surface area contributed by atoms with Crippen LogP contribution < -0.4 is 21.3 Å². The topological polar surface area (TPSA) is 82.3 Å². The number of benzene rings is 2. The minimum absolute atomic E-state index is 0.163. The lowest BCUT2D eigenvalue weighted by atomic mass is 10.2. The molecule has 0 fully saturated rings. The Morgan fingerprint density at radius 2 is 1.85 bits per heavy atom. The molecule has 3 rings (SSSR count). The molecule has 0 unspecified atom stereocenters. The lowest BCUT2D eigenvalue weighted by Crippen LogP contribution is -2.42. The second-order valence-corrected chi connectivity index (χ2v) is 6.06. The molecule has 0 bridgehead atoms. The largest absolute Gasteiger partial charge is 0.497 e. The second-order valence-electron chi connectivity index (χ2n) is 6.06. The Morgan fingerprint density at radius 3 is 2.59 bits per heavy atom. The summed E-state index contributed by atoms with van der Waals surface area (Å²) in [5, 5.41) is 3.22. The van der Waals surface area contributed by atoms with Crippen molar-refractivity contribution >= 4 is 16.8 Å². The molecule has 1 aromatic heterocycles. The molecule has 3 aromatic rings. The maximum atomic E-state index is 12.7. The van der Waals surface area contributed by atoms with Gasteiger partial charge in [-0.05, 0) is 36.8 Å². The van der Waals surface area contributed by atoms with Crippen molar-refractivity contribution in [3.63, 3.8) is 0 Å². The molecule has 7 heteroatoms. The molecular weight excluding hydrogens is 346 g/mol. The van der Waals surface area contributed by atoms with Gasteiger partial charge in [0, 0.05) is 13.1 Å². The van der Waals surface area contributed by atoms with E-state index in [0.29, 0.717) is 23.2 Å². The van der Waals surface area contributed by atoms with Gasteiger partial charge in [-0.3, -0.25) is 18.7 Å². The summed E-state index contributed by atoms with van der Waals surface area (Å²) < 4.78 is 7.64. The standard InChI is InChI=1S/C20H21N3O4/c1-3-22-19(25)16-9-4-5-10-17(16)23(20(22)26)13-18(24)21-12-14-7-6-8-15(11-14)27-2/h4-11H,3,12-13H2,1-2H3,(H,21,24). The molecule has 1 heterocycles. The second kappa shape index (κ2) is 7.90. The third-order valence-electron chi connectivity index (χ3n) is 4.37. The van der Waals surface area contributed by atoms with Crippen molar-refractivity contribution in [1.82, 2.24) is 14.5 Å². The first-order valence-corrected chi connectivity index (χ1v) is 8.67. The zero-order chi connectivity index (χ0) is 19.4. The van der Waals surface area contributed by atoms with E-state index in [1.54, 1.807) is 38.3 Å². The van der Waals surface area contributed by atoms with Gasteiger partial charge in [0.05, 0.1) is 18.0 Å². The Bertz CT molecular complexity index is 1100. The van der Waals surface area contributed by atoms with Crippen molar-refractivity contribution in [2.75, 3.05) is 7.11 Å². The third kappa shape index (κ3) is 3.76. The summed E-state index contributed by atoms with van der Waals surface area (Å²) in [6, 6.07) is 14.2. The van der Waals surface area contributed by atoms with E-state index in [9.17, 15) is 14.4 Å². The first kappa shape index (κ1) is 18.4. The van der Waals surface area contributed by atoms with Crippen LogP contribution >= 0.6 is 0 Å². The average Bonchev–Trinajstić information content (AvgIpc) is 2.70. The van der Waals surface area contributed by atoms with Crippen molar-refractivity contribution in [3.05, 3.63) is 74.9 Å². The molecule has 0 atom stereocenters. The number of methoxy groups -OCH3 is 1. The van der Waals surface area contributed by atoms with Gasteiger partial charge in [-0.15, -0.1) is 0 Å². The molecule has 0 radical (unpaired) electrons. The number of carbonyl (C=O) groups excluding carboxylic acids is 1. The predicted octanol–water partition coefficient (Wildman–Crippen LogP) is 1.51. The maximum Gasteiger partial charge on any atom is 0.331 e. The first-order valence-electron chi connectivity index (χ1n) is 8.67. The summed E-state index contributed by atoms with van der Waals surface area (Å²) in [5.41, 5.74) is 0.510. The van der Waals surface area contributed by atoms with Gasteiger partial charge in [0.25, 0.3) is 5.56 Å². The zero-order valence-electron chi connectivity index (χ0n) is 15.3. The van der Waals surface area contributed by atoms with Crippen LogP contribution in [0.2, 0.25) is 0 Å². The Labute approximate surface area is 155 Å². The normalized spacial score (nSPS) is 10.7. The molecule has 0 saturated carbocycles. The highest BCUT2D eigenvalue weighted by Gasteiger charge is 2.14. The molecule has 1 N–H and O–H groups in total. The number of nitrogens with one attached hydrogen (secondary N) is 1. The maximum absolute atomic E-state index is 12.7. The Kier molecular flexibility index (Phi) is 5.40. The molecule has 0 saturated heterocycles. The smallest absolute Gasteiger partial charge is 0.331 e. The number of fused-ring (bicyclic) bond motifs is 1.